The van der Waals surface area contributed by atoms with Gasteiger partial charge >= 0.3 is 5.97 Å². The molecule has 0 unspecified atom stereocenters. The van der Waals surface area contributed by atoms with Crippen molar-refractivity contribution in [1.29, 1.82) is 5.26 Å². The highest BCUT2D eigenvalue weighted by Gasteiger charge is 2.24. The fourth-order valence-corrected chi connectivity index (χ4v) is 6.67. The van der Waals surface area contributed by atoms with Gasteiger partial charge in [0.1, 0.15) is 15.3 Å². The van der Waals surface area contributed by atoms with Gasteiger partial charge in [0.25, 0.3) is 15.9 Å². The molecule has 2 N–H and O–H groups in total. The van der Waals surface area contributed by atoms with Gasteiger partial charge in [-0.15, -0.1) is 22.7 Å². The number of carbonyl (C=O) groups excluding carboxylic acids is 2. The van der Waals surface area contributed by atoms with Crippen molar-refractivity contribution in [2.24, 2.45) is 0 Å². The number of amides is 1. The average molecular weight is 488 g/mol. The zero-order chi connectivity index (χ0) is 22.7. The van der Waals surface area contributed by atoms with Crippen molar-refractivity contribution in [3.63, 3.8) is 0 Å². The summed E-state index contributed by atoms with van der Waals surface area (Å²) in [7, 11) is -3.85. The van der Waals surface area contributed by atoms with E-state index in [2.05, 4.69) is 16.1 Å². The van der Waals surface area contributed by atoms with Crippen molar-refractivity contribution in [2.75, 3.05) is 16.6 Å². The number of hydrogen-bond acceptors (Lipinski definition) is 8. The zero-order valence-corrected chi connectivity index (χ0v) is 19.0. The van der Waals surface area contributed by atoms with Gasteiger partial charge in [-0.2, -0.15) is 5.26 Å². The molecule has 0 radical (unpaired) electrons. The lowest BCUT2D eigenvalue weighted by Crippen LogP contribution is -2.22. The van der Waals surface area contributed by atoms with E-state index in [0.717, 1.165) is 41.0 Å². The molecule has 2 aromatic heterocycles. The highest BCUT2D eigenvalue weighted by Crippen LogP contribution is 2.38. The Labute approximate surface area is 192 Å². The molecule has 0 saturated carbocycles. The van der Waals surface area contributed by atoms with Gasteiger partial charge < -0.3 is 10.1 Å². The number of nitriles is 1. The number of ether oxygens (including phenoxy) is 1. The van der Waals surface area contributed by atoms with Crippen LogP contribution in [0.2, 0.25) is 0 Å². The number of fused-ring (bicyclic) bond motifs is 1. The van der Waals surface area contributed by atoms with Gasteiger partial charge in [0, 0.05) is 4.88 Å². The predicted octanol–water partition coefficient (Wildman–Crippen LogP) is 3.77. The molecule has 8 nitrogen and oxygen atoms in total. The summed E-state index contributed by atoms with van der Waals surface area (Å²) in [4.78, 5) is 26.0. The molecule has 164 valence electrons. The normalized spacial score (nSPS) is 12.6. The van der Waals surface area contributed by atoms with Gasteiger partial charge in [0.05, 0.1) is 16.8 Å². The number of thiophene rings is 2. The first-order chi connectivity index (χ1) is 15.4. The lowest BCUT2D eigenvalue weighted by Gasteiger charge is -2.11. The number of sulfonamides is 1. The summed E-state index contributed by atoms with van der Waals surface area (Å²) in [6, 6.07) is 11.2. The van der Waals surface area contributed by atoms with Crippen LogP contribution in [0.3, 0.4) is 0 Å². The molecule has 4 rings (SSSR count). The Kier molecular flexibility index (Phi) is 6.27. The molecule has 1 aliphatic carbocycles. The standard InChI is InChI=1S/C21H17N3O5S3/c22-11-15-13-6-3-8-17(13)31-20(15)23-18(25)12-29-21(26)14-5-1-2-7-16(14)24-32(27,28)19-9-4-10-30-19/h1-2,4-5,7,9-10,24H,3,6,8,12H2,(H,23,25). The molecule has 3 aromatic rings. The monoisotopic (exact) mass is 487 g/mol. The van der Waals surface area contributed by atoms with E-state index in [0.29, 0.717) is 10.6 Å². The van der Waals surface area contributed by atoms with Crippen molar-refractivity contribution in [3.05, 3.63) is 63.3 Å². The fourth-order valence-electron chi connectivity index (χ4n) is 3.34. The molecule has 2 heterocycles. The second kappa shape index (κ2) is 9.12. The van der Waals surface area contributed by atoms with Crippen LogP contribution in [0.4, 0.5) is 10.7 Å². The van der Waals surface area contributed by atoms with Crippen LogP contribution in [0, 0.1) is 11.3 Å². The number of hydrogen-bond donors (Lipinski definition) is 2. The lowest BCUT2D eigenvalue weighted by atomic mass is 10.1. The minimum Gasteiger partial charge on any atom is -0.452 e. The number of esters is 1. The molecule has 32 heavy (non-hydrogen) atoms. The van der Waals surface area contributed by atoms with E-state index in [-0.39, 0.29) is 15.5 Å². The first-order valence-electron chi connectivity index (χ1n) is 9.56. The maximum Gasteiger partial charge on any atom is 0.340 e. The van der Waals surface area contributed by atoms with Crippen molar-refractivity contribution in [3.8, 4) is 6.07 Å². The average Bonchev–Trinajstić information content (AvgIpc) is 3.50. The summed E-state index contributed by atoms with van der Waals surface area (Å²) in [5, 5.41) is 14.1. The van der Waals surface area contributed by atoms with Gasteiger partial charge in [-0.1, -0.05) is 18.2 Å². The van der Waals surface area contributed by atoms with E-state index in [4.69, 9.17) is 4.74 Å². The number of anilines is 2. The van der Waals surface area contributed by atoms with Gasteiger partial charge in [-0.25, -0.2) is 13.2 Å². The van der Waals surface area contributed by atoms with Crippen LogP contribution in [0.15, 0.2) is 46.0 Å². The van der Waals surface area contributed by atoms with E-state index < -0.39 is 28.5 Å². The maximum absolute atomic E-state index is 12.5. The highest BCUT2D eigenvalue weighted by molar-refractivity contribution is 7.94. The van der Waals surface area contributed by atoms with Gasteiger partial charge in [-0.05, 0) is 48.4 Å². The molecule has 0 aliphatic heterocycles. The van der Waals surface area contributed by atoms with E-state index in [1.54, 1.807) is 23.6 Å². The Hall–Kier alpha value is -3.20. The van der Waals surface area contributed by atoms with Crippen molar-refractivity contribution in [2.45, 2.75) is 23.5 Å². The molecule has 1 amide bonds. The first kappa shape index (κ1) is 22.0. The lowest BCUT2D eigenvalue weighted by molar-refractivity contribution is -0.119. The molecule has 0 bridgehead atoms. The topological polar surface area (TPSA) is 125 Å². The summed E-state index contributed by atoms with van der Waals surface area (Å²) in [6.45, 7) is -0.571. The van der Waals surface area contributed by atoms with E-state index in [1.807, 2.05) is 0 Å². The van der Waals surface area contributed by atoms with Gasteiger partial charge in [0.2, 0.25) is 0 Å². The van der Waals surface area contributed by atoms with Gasteiger partial charge in [-0.3, -0.25) is 9.52 Å². The summed E-state index contributed by atoms with van der Waals surface area (Å²) in [5.74, 6) is -1.43. The van der Waals surface area contributed by atoms with E-state index in [1.165, 1.54) is 29.5 Å². The van der Waals surface area contributed by atoms with Gasteiger partial charge in [0.15, 0.2) is 6.61 Å². The summed E-state index contributed by atoms with van der Waals surface area (Å²) < 4.78 is 32.6. The number of nitrogens with one attached hydrogen (secondary N) is 2. The quantitative estimate of drug-likeness (QED) is 0.489. The van der Waals surface area contributed by atoms with Crippen LogP contribution in [0.1, 0.15) is 32.8 Å². The zero-order valence-electron chi connectivity index (χ0n) is 16.6. The molecular weight excluding hydrogens is 470 g/mol. The van der Waals surface area contributed by atoms with Crippen LogP contribution in [0.25, 0.3) is 0 Å². The number of nitrogens with zero attached hydrogens (tertiary/aromatic N) is 1. The minimum atomic E-state index is -3.85. The Morgan fingerprint density at radius 3 is 2.72 bits per heavy atom. The minimum absolute atomic E-state index is 0.0201. The second-order valence-electron chi connectivity index (χ2n) is 6.88. The van der Waals surface area contributed by atoms with Crippen LogP contribution in [-0.2, 0) is 32.4 Å². The molecule has 0 spiro atoms. The van der Waals surface area contributed by atoms with Crippen molar-refractivity contribution in [1.82, 2.24) is 0 Å². The SMILES string of the molecule is N#Cc1c(NC(=O)COC(=O)c2ccccc2NS(=O)(=O)c2cccs2)sc2c1CCC2. The summed E-state index contributed by atoms with van der Waals surface area (Å²) in [5.41, 5.74) is 1.48. The first-order valence-corrected chi connectivity index (χ1v) is 12.7. The van der Waals surface area contributed by atoms with E-state index >= 15 is 0 Å². The summed E-state index contributed by atoms with van der Waals surface area (Å²) >= 11 is 2.42. The highest BCUT2D eigenvalue weighted by atomic mass is 32.2. The Balaban J connectivity index is 1.42. The van der Waals surface area contributed by atoms with Crippen molar-refractivity contribution >= 4 is 55.3 Å². The molecular formula is C21H17N3O5S3. The predicted molar refractivity (Wildman–Crippen MR) is 122 cm³/mol. The van der Waals surface area contributed by atoms with Crippen LogP contribution in [-0.4, -0.2) is 26.9 Å². The third-order valence-electron chi connectivity index (χ3n) is 4.77. The smallest absolute Gasteiger partial charge is 0.340 e. The number of rotatable bonds is 7. The Bertz CT molecular complexity index is 1320. The fraction of sp³-hybridized carbons (Fsp3) is 0.190. The molecule has 1 aliphatic rings. The molecule has 0 atom stereocenters. The van der Waals surface area contributed by atoms with Crippen LogP contribution < -0.4 is 10.0 Å². The molecule has 1 aromatic carbocycles. The Morgan fingerprint density at radius 2 is 1.97 bits per heavy atom. The number of benzene rings is 1. The third kappa shape index (κ3) is 4.52. The van der Waals surface area contributed by atoms with E-state index in [9.17, 15) is 23.3 Å². The number of aryl methyl sites for hydroxylation is 1. The van der Waals surface area contributed by atoms with Crippen molar-refractivity contribution < 1.29 is 22.7 Å². The molecule has 0 fully saturated rings. The maximum atomic E-state index is 12.5. The largest absolute Gasteiger partial charge is 0.452 e. The number of para-hydroxylation sites is 1. The molecule has 0 saturated heterocycles. The summed E-state index contributed by atoms with van der Waals surface area (Å²) in [6.07, 6.45) is 2.70. The van der Waals surface area contributed by atoms with Crippen LogP contribution in [0.5, 0.6) is 0 Å². The van der Waals surface area contributed by atoms with Crippen LogP contribution >= 0.6 is 22.7 Å². The second-order valence-corrected chi connectivity index (χ2v) is 10.8. The Morgan fingerprint density at radius 1 is 1.16 bits per heavy atom. The third-order valence-corrected chi connectivity index (χ3v) is 8.74. The molecule has 11 heteroatoms. The number of carbonyl (C=O) groups is 2.